The highest BCUT2D eigenvalue weighted by Gasteiger charge is 2.30. The smallest absolute Gasteiger partial charge is 0.355 e. The molecule has 5 aromatic rings. The third kappa shape index (κ3) is 5.31. The molecular weight excluding hydrogens is 545 g/mol. The number of hydrogen-bond donors (Lipinski definition) is 0. The number of allylic oxidation sites excluding steroid dienone is 1. The SMILES string of the molecule is CCOC(=O)c1c(CCCOc2cccc3ccccc23)c2ccc(F)c3c2n1C/C=C\COCc1c-3c(CC)nn1C. The monoisotopic (exact) mass is 581 g/mol. The van der Waals surface area contributed by atoms with Gasteiger partial charge in [-0.3, -0.25) is 4.68 Å². The molecule has 0 fully saturated rings. The predicted octanol–water partition coefficient (Wildman–Crippen LogP) is 7.17. The zero-order valence-electron chi connectivity index (χ0n) is 24.9. The number of hydrogen-bond acceptors (Lipinski definition) is 5. The van der Waals surface area contributed by atoms with Gasteiger partial charge in [-0.05, 0) is 55.3 Å². The fraction of sp³-hybridized carbons (Fsp3) is 0.314. The van der Waals surface area contributed by atoms with E-state index in [1.54, 1.807) is 17.7 Å². The molecule has 8 heteroatoms. The minimum atomic E-state index is -0.420. The van der Waals surface area contributed by atoms with Crippen molar-refractivity contribution in [2.45, 2.75) is 46.3 Å². The van der Waals surface area contributed by atoms with Gasteiger partial charge in [0.15, 0.2) is 0 Å². The van der Waals surface area contributed by atoms with Crippen LogP contribution in [-0.2, 0) is 42.5 Å². The molecule has 1 aliphatic rings. The normalized spacial score (nSPS) is 14.0. The summed E-state index contributed by atoms with van der Waals surface area (Å²) in [6.07, 6.45) is 5.73. The van der Waals surface area contributed by atoms with Crippen LogP contribution in [0.3, 0.4) is 0 Å². The van der Waals surface area contributed by atoms with Crippen LogP contribution in [0.15, 0.2) is 66.7 Å². The average molecular weight is 582 g/mol. The van der Waals surface area contributed by atoms with E-state index in [9.17, 15) is 4.79 Å². The number of ether oxygens (including phenoxy) is 3. The summed E-state index contributed by atoms with van der Waals surface area (Å²) in [5.74, 6) is 0.0462. The van der Waals surface area contributed by atoms with Crippen LogP contribution in [-0.4, -0.2) is 40.1 Å². The third-order valence-electron chi connectivity index (χ3n) is 8.06. The van der Waals surface area contributed by atoms with Gasteiger partial charge in [0.2, 0.25) is 0 Å². The van der Waals surface area contributed by atoms with E-state index in [0.717, 1.165) is 44.4 Å². The summed E-state index contributed by atoms with van der Waals surface area (Å²) >= 11 is 0. The Hall–Kier alpha value is -4.43. The first kappa shape index (κ1) is 28.7. The molecule has 0 aliphatic carbocycles. The van der Waals surface area contributed by atoms with Crippen molar-refractivity contribution in [1.29, 1.82) is 0 Å². The molecule has 6 rings (SSSR count). The maximum Gasteiger partial charge on any atom is 0.355 e. The number of fused-ring (bicyclic) bond motifs is 3. The van der Waals surface area contributed by atoms with Crippen molar-refractivity contribution < 1.29 is 23.4 Å². The van der Waals surface area contributed by atoms with Gasteiger partial charge >= 0.3 is 5.97 Å². The maximum absolute atomic E-state index is 16.1. The van der Waals surface area contributed by atoms with E-state index in [0.29, 0.717) is 62.4 Å². The van der Waals surface area contributed by atoms with Gasteiger partial charge in [-0.1, -0.05) is 55.5 Å². The summed E-state index contributed by atoms with van der Waals surface area (Å²) in [4.78, 5) is 13.6. The first-order chi connectivity index (χ1) is 21.0. The van der Waals surface area contributed by atoms with Crippen molar-refractivity contribution in [3.05, 3.63) is 95.2 Å². The molecule has 1 aliphatic heterocycles. The van der Waals surface area contributed by atoms with E-state index < -0.39 is 5.97 Å². The number of rotatable bonds is 8. The lowest BCUT2D eigenvalue weighted by Gasteiger charge is -2.13. The van der Waals surface area contributed by atoms with Crippen molar-refractivity contribution in [1.82, 2.24) is 14.3 Å². The topological polar surface area (TPSA) is 67.5 Å². The molecule has 7 nitrogen and oxygen atoms in total. The van der Waals surface area contributed by atoms with Crippen molar-refractivity contribution >= 4 is 27.6 Å². The van der Waals surface area contributed by atoms with Gasteiger partial charge < -0.3 is 18.8 Å². The number of benzene rings is 3. The zero-order valence-corrected chi connectivity index (χ0v) is 24.9. The van der Waals surface area contributed by atoms with Crippen LogP contribution in [0.5, 0.6) is 5.75 Å². The number of aromatic nitrogens is 3. The summed E-state index contributed by atoms with van der Waals surface area (Å²) in [5, 5.41) is 7.73. The Bertz CT molecular complexity index is 1830. The van der Waals surface area contributed by atoms with Gasteiger partial charge in [0.25, 0.3) is 0 Å². The van der Waals surface area contributed by atoms with Crippen molar-refractivity contribution in [2.75, 3.05) is 19.8 Å². The Kier molecular flexibility index (Phi) is 8.29. The van der Waals surface area contributed by atoms with E-state index in [1.165, 1.54) is 6.07 Å². The van der Waals surface area contributed by atoms with Gasteiger partial charge in [0.05, 0.1) is 43.3 Å². The molecule has 3 aromatic carbocycles. The van der Waals surface area contributed by atoms with Gasteiger partial charge in [0, 0.05) is 35.5 Å². The van der Waals surface area contributed by atoms with Crippen LogP contribution in [0.4, 0.5) is 4.39 Å². The molecule has 0 atom stereocenters. The Morgan fingerprint density at radius 1 is 1.02 bits per heavy atom. The van der Waals surface area contributed by atoms with E-state index in [-0.39, 0.29) is 12.4 Å². The summed E-state index contributed by atoms with van der Waals surface area (Å²) in [6, 6.07) is 17.5. The number of aryl methyl sites for hydroxylation is 3. The molecule has 0 bridgehead atoms. The van der Waals surface area contributed by atoms with E-state index >= 15 is 4.39 Å². The highest BCUT2D eigenvalue weighted by molar-refractivity contribution is 6.05. The van der Waals surface area contributed by atoms with Crippen LogP contribution in [0, 0.1) is 5.82 Å². The van der Waals surface area contributed by atoms with Crippen LogP contribution >= 0.6 is 0 Å². The second kappa shape index (κ2) is 12.4. The molecule has 3 heterocycles. The second-order valence-corrected chi connectivity index (χ2v) is 10.6. The van der Waals surface area contributed by atoms with E-state index in [2.05, 4.69) is 18.2 Å². The largest absolute Gasteiger partial charge is 0.493 e. The summed E-state index contributed by atoms with van der Waals surface area (Å²) in [5.41, 5.74) is 4.71. The lowest BCUT2D eigenvalue weighted by molar-refractivity contribution is 0.0513. The van der Waals surface area contributed by atoms with Gasteiger partial charge in [0.1, 0.15) is 17.3 Å². The third-order valence-corrected chi connectivity index (χ3v) is 8.06. The number of nitrogens with zero attached hydrogens (tertiary/aromatic N) is 3. The highest BCUT2D eigenvalue weighted by Crippen LogP contribution is 2.41. The van der Waals surface area contributed by atoms with Crippen LogP contribution in [0.25, 0.3) is 32.8 Å². The number of carbonyl (C=O) groups excluding carboxylic acids is 1. The minimum absolute atomic E-state index is 0.238. The predicted molar refractivity (Wildman–Crippen MR) is 166 cm³/mol. The molecule has 0 saturated heterocycles. The first-order valence-corrected chi connectivity index (χ1v) is 14.9. The molecule has 0 radical (unpaired) electrons. The Morgan fingerprint density at radius 3 is 2.70 bits per heavy atom. The lowest BCUT2D eigenvalue weighted by Crippen LogP contribution is -2.15. The summed E-state index contributed by atoms with van der Waals surface area (Å²) in [6.45, 7) is 5.56. The fourth-order valence-corrected chi connectivity index (χ4v) is 6.14. The minimum Gasteiger partial charge on any atom is -0.493 e. The van der Waals surface area contributed by atoms with Gasteiger partial charge in [-0.2, -0.15) is 5.10 Å². The van der Waals surface area contributed by atoms with Crippen molar-refractivity contribution in [2.24, 2.45) is 7.05 Å². The van der Waals surface area contributed by atoms with Gasteiger partial charge in [-0.15, -0.1) is 0 Å². The number of esters is 1. The Balaban J connectivity index is 1.47. The van der Waals surface area contributed by atoms with Gasteiger partial charge in [-0.25, -0.2) is 9.18 Å². The summed E-state index contributed by atoms with van der Waals surface area (Å²) in [7, 11) is 1.86. The molecule has 0 amide bonds. The van der Waals surface area contributed by atoms with Crippen molar-refractivity contribution in [3.63, 3.8) is 0 Å². The van der Waals surface area contributed by atoms with Crippen LogP contribution in [0.1, 0.15) is 47.7 Å². The van der Waals surface area contributed by atoms with E-state index in [4.69, 9.17) is 19.3 Å². The Morgan fingerprint density at radius 2 is 1.86 bits per heavy atom. The molecule has 0 N–H and O–H groups in total. The molecule has 0 saturated carbocycles. The quantitative estimate of drug-likeness (QED) is 0.110. The zero-order chi connectivity index (χ0) is 29.9. The lowest BCUT2D eigenvalue weighted by atomic mass is 9.96. The molecule has 0 spiro atoms. The molecule has 0 unspecified atom stereocenters. The van der Waals surface area contributed by atoms with Crippen molar-refractivity contribution in [3.8, 4) is 16.9 Å². The number of carbonyl (C=O) groups is 1. The molecule has 2 aromatic heterocycles. The highest BCUT2D eigenvalue weighted by atomic mass is 19.1. The number of halogens is 1. The molecular formula is C35H36FN3O4. The Labute approximate surface area is 250 Å². The second-order valence-electron chi connectivity index (χ2n) is 10.6. The van der Waals surface area contributed by atoms with Crippen LogP contribution < -0.4 is 4.74 Å². The van der Waals surface area contributed by atoms with Crippen LogP contribution in [0.2, 0.25) is 0 Å². The first-order valence-electron chi connectivity index (χ1n) is 14.9. The average Bonchev–Trinajstić information content (AvgIpc) is 3.49. The molecule has 43 heavy (non-hydrogen) atoms. The van der Waals surface area contributed by atoms with E-state index in [1.807, 2.05) is 55.0 Å². The standard InChI is InChI=1S/C35H36FN3O4/c1-4-28-32-29(38(3)37-28)22-41-20-9-8-19-39-33-26(17-18-27(36)31(32)33)25(34(39)35(40)42-5-2)15-11-21-43-30-16-10-13-23-12-6-7-14-24(23)30/h6-10,12-14,16-18H,4-5,11,15,19-22H2,1-3H3/b9-8-. The summed E-state index contributed by atoms with van der Waals surface area (Å²) < 4.78 is 37.5. The molecule has 222 valence electrons. The fourth-order valence-electron chi connectivity index (χ4n) is 6.14. The maximum atomic E-state index is 16.1.